The number of hydrogen-bond donors (Lipinski definition) is 0. The molecule has 2 rings (SSSR count). The molecule has 2 aromatic rings. The van der Waals surface area contributed by atoms with Gasteiger partial charge in [0.2, 0.25) is 6.29 Å². The fourth-order valence-corrected chi connectivity index (χ4v) is 4.54. The van der Waals surface area contributed by atoms with Crippen LogP contribution in [0.25, 0.3) is 0 Å². The van der Waals surface area contributed by atoms with Gasteiger partial charge in [-0.25, -0.2) is 4.79 Å². The SMILES string of the molecule is CCCCCCCCCCCCc1cccc(OC(C)OC(=O)C(C)[N+](C)(C)Cc2ccccc2)c1. The molecule has 0 radical (unpaired) electrons. The zero-order chi connectivity index (χ0) is 26.2. The van der Waals surface area contributed by atoms with Crippen molar-refractivity contribution in [2.24, 2.45) is 0 Å². The highest BCUT2D eigenvalue weighted by Gasteiger charge is 2.33. The molecule has 0 heterocycles. The lowest BCUT2D eigenvalue weighted by molar-refractivity contribution is -0.917. The van der Waals surface area contributed by atoms with Gasteiger partial charge < -0.3 is 14.0 Å². The van der Waals surface area contributed by atoms with Crippen molar-refractivity contribution in [3.8, 4) is 5.75 Å². The number of hydrogen-bond acceptors (Lipinski definition) is 3. The molecular weight excluding hydrogens is 446 g/mol. The minimum atomic E-state index is -0.635. The van der Waals surface area contributed by atoms with Crippen LogP contribution in [-0.2, 0) is 22.5 Å². The van der Waals surface area contributed by atoms with Crippen LogP contribution in [0.1, 0.15) is 96.1 Å². The molecule has 0 amide bonds. The molecular formula is C32H50NO3+. The lowest BCUT2D eigenvalue weighted by Gasteiger charge is -2.35. The Morgan fingerprint density at radius 2 is 1.36 bits per heavy atom. The van der Waals surface area contributed by atoms with Crippen LogP contribution in [0.15, 0.2) is 54.6 Å². The Morgan fingerprint density at radius 1 is 0.778 bits per heavy atom. The molecule has 0 saturated heterocycles. The second-order valence-electron chi connectivity index (χ2n) is 10.8. The fraction of sp³-hybridized carbons (Fsp3) is 0.594. The van der Waals surface area contributed by atoms with Crippen molar-refractivity contribution < 1.29 is 18.8 Å². The maximum absolute atomic E-state index is 12.8. The third-order valence-electron chi connectivity index (χ3n) is 7.12. The molecule has 0 bridgehead atoms. The Hall–Kier alpha value is -2.33. The number of ether oxygens (including phenoxy) is 2. The Morgan fingerprint density at radius 3 is 2.00 bits per heavy atom. The first-order valence-electron chi connectivity index (χ1n) is 14.1. The Kier molecular flexibility index (Phi) is 13.6. The summed E-state index contributed by atoms with van der Waals surface area (Å²) in [5, 5.41) is 0. The van der Waals surface area contributed by atoms with Gasteiger partial charge in [-0.3, -0.25) is 0 Å². The van der Waals surface area contributed by atoms with E-state index in [4.69, 9.17) is 9.47 Å². The van der Waals surface area contributed by atoms with Gasteiger partial charge in [0.05, 0.1) is 14.1 Å². The summed E-state index contributed by atoms with van der Waals surface area (Å²) in [5.74, 6) is 0.510. The second-order valence-corrected chi connectivity index (χ2v) is 10.8. The fourth-order valence-electron chi connectivity index (χ4n) is 4.54. The van der Waals surface area contributed by atoms with Gasteiger partial charge in [-0.2, -0.15) is 0 Å². The highest BCUT2D eigenvalue weighted by atomic mass is 16.7. The summed E-state index contributed by atoms with van der Waals surface area (Å²) in [6, 6.07) is 18.1. The lowest BCUT2D eigenvalue weighted by Crippen LogP contribution is -2.51. The van der Waals surface area contributed by atoms with E-state index < -0.39 is 6.29 Å². The minimum Gasteiger partial charge on any atom is -0.455 e. The summed E-state index contributed by atoms with van der Waals surface area (Å²) in [5.41, 5.74) is 2.48. The van der Waals surface area contributed by atoms with Crippen molar-refractivity contribution in [3.63, 3.8) is 0 Å². The van der Waals surface area contributed by atoms with Crippen molar-refractivity contribution in [2.75, 3.05) is 14.1 Å². The number of likely N-dealkylation sites (N-methyl/N-ethyl adjacent to an activating group) is 1. The molecule has 0 aliphatic carbocycles. The highest BCUT2D eigenvalue weighted by Crippen LogP contribution is 2.20. The molecule has 0 aliphatic rings. The summed E-state index contributed by atoms with van der Waals surface area (Å²) >= 11 is 0. The van der Waals surface area contributed by atoms with E-state index in [1.54, 1.807) is 6.92 Å². The summed E-state index contributed by atoms with van der Waals surface area (Å²) in [4.78, 5) is 12.8. The van der Waals surface area contributed by atoms with Crippen LogP contribution >= 0.6 is 0 Å². The number of benzene rings is 2. The molecule has 0 spiro atoms. The molecule has 4 heteroatoms. The van der Waals surface area contributed by atoms with E-state index in [0.717, 1.165) is 18.7 Å². The Labute approximate surface area is 220 Å². The molecule has 0 N–H and O–H groups in total. The molecule has 2 unspecified atom stereocenters. The van der Waals surface area contributed by atoms with E-state index in [2.05, 4.69) is 45.3 Å². The monoisotopic (exact) mass is 496 g/mol. The number of rotatable bonds is 18. The van der Waals surface area contributed by atoms with E-state index in [-0.39, 0.29) is 12.0 Å². The van der Waals surface area contributed by atoms with Gasteiger partial charge in [-0.15, -0.1) is 0 Å². The van der Waals surface area contributed by atoms with Crippen LogP contribution in [0.5, 0.6) is 5.75 Å². The van der Waals surface area contributed by atoms with Crippen LogP contribution in [0.4, 0.5) is 0 Å². The molecule has 0 aromatic heterocycles. The van der Waals surface area contributed by atoms with Crippen molar-refractivity contribution in [2.45, 2.75) is 110 Å². The van der Waals surface area contributed by atoms with Gasteiger partial charge in [-0.05, 0) is 37.5 Å². The minimum absolute atomic E-state index is 0.245. The van der Waals surface area contributed by atoms with Crippen LogP contribution in [0.3, 0.4) is 0 Å². The lowest BCUT2D eigenvalue weighted by atomic mass is 10.0. The van der Waals surface area contributed by atoms with Gasteiger partial charge in [0.1, 0.15) is 12.3 Å². The van der Waals surface area contributed by atoms with Gasteiger partial charge in [0, 0.05) is 12.5 Å². The summed E-state index contributed by atoms with van der Waals surface area (Å²) in [7, 11) is 4.11. The van der Waals surface area contributed by atoms with Gasteiger partial charge in [-0.1, -0.05) is 107 Å². The zero-order valence-corrected chi connectivity index (χ0v) is 23.5. The molecule has 2 aromatic carbocycles. The molecule has 0 saturated carbocycles. The maximum atomic E-state index is 12.8. The maximum Gasteiger partial charge on any atom is 0.367 e. The first-order valence-corrected chi connectivity index (χ1v) is 14.1. The molecule has 200 valence electrons. The third kappa shape index (κ3) is 11.6. The van der Waals surface area contributed by atoms with Crippen LogP contribution in [-0.4, -0.2) is 36.9 Å². The summed E-state index contributed by atoms with van der Waals surface area (Å²) in [6.45, 7) is 6.74. The topological polar surface area (TPSA) is 35.5 Å². The normalized spacial score (nSPS) is 13.2. The molecule has 0 fully saturated rings. The van der Waals surface area contributed by atoms with E-state index in [9.17, 15) is 4.79 Å². The molecule has 2 atom stereocenters. The van der Waals surface area contributed by atoms with Crippen molar-refractivity contribution in [1.29, 1.82) is 0 Å². The zero-order valence-electron chi connectivity index (χ0n) is 23.5. The van der Waals surface area contributed by atoms with E-state index in [1.165, 1.54) is 75.3 Å². The van der Waals surface area contributed by atoms with Crippen molar-refractivity contribution >= 4 is 5.97 Å². The van der Waals surface area contributed by atoms with Crippen molar-refractivity contribution in [3.05, 3.63) is 65.7 Å². The molecule has 0 aliphatic heterocycles. The van der Waals surface area contributed by atoms with Crippen molar-refractivity contribution in [1.82, 2.24) is 0 Å². The molecule has 36 heavy (non-hydrogen) atoms. The third-order valence-corrected chi connectivity index (χ3v) is 7.12. The van der Waals surface area contributed by atoms with Crippen LogP contribution < -0.4 is 4.74 Å². The number of unbranched alkanes of at least 4 members (excludes halogenated alkanes) is 9. The number of aryl methyl sites for hydroxylation is 1. The average molecular weight is 497 g/mol. The predicted octanol–water partition coefficient (Wildman–Crippen LogP) is 8.08. The first kappa shape index (κ1) is 29.9. The largest absolute Gasteiger partial charge is 0.455 e. The van der Waals surface area contributed by atoms with Gasteiger partial charge in [0.15, 0.2) is 6.04 Å². The highest BCUT2D eigenvalue weighted by molar-refractivity contribution is 5.74. The van der Waals surface area contributed by atoms with Gasteiger partial charge >= 0.3 is 5.97 Å². The number of quaternary nitrogens is 1. The van der Waals surface area contributed by atoms with Crippen LogP contribution in [0.2, 0.25) is 0 Å². The predicted molar refractivity (Wildman–Crippen MR) is 150 cm³/mol. The number of nitrogens with zero attached hydrogens (tertiary/aromatic N) is 1. The summed E-state index contributed by atoms with van der Waals surface area (Å²) in [6.07, 6.45) is 13.9. The van der Waals surface area contributed by atoms with Gasteiger partial charge in [0.25, 0.3) is 0 Å². The Balaban J connectivity index is 1.70. The number of carbonyl (C=O) groups excluding carboxylic acids is 1. The molecule has 4 nitrogen and oxygen atoms in total. The number of esters is 1. The van der Waals surface area contributed by atoms with Crippen LogP contribution in [0, 0.1) is 0 Å². The average Bonchev–Trinajstić information content (AvgIpc) is 2.85. The smallest absolute Gasteiger partial charge is 0.367 e. The quantitative estimate of drug-likeness (QED) is 0.0905. The standard InChI is InChI=1S/C32H50NO3/c1-6-7-8-9-10-11-12-13-14-16-20-29-23-19-24-31(25-29)35-28(3)36-32(34)27(2)33(4,5)26-30-21-17-15-18-22-30/h15,17-19,21-25,27-28H,6-14,16,20,26H2,1-5H3/q+1. The first-order chi connectivity index (χ1) is 17.3. The summed E-state index contributed by atoms with van der Waals surface area (Å²) < 4.78 is 12.1. The van der Waals surface area contributed by atoms with E-state index in [1.807, 2.05) is 37.3 Å². The van der Waals surface area contributed by atoms with E-state index >= 15 is 0 Å². The Bertz CT molecular complexity index is 865. The van der Waals surface area contributed by atoms with E-state index in [0.29, 0.717) is 4.48 Å². The number of carbonyl (C=O) groups is 1. The second kappa shape index (κ2) is 16.4.